The first-order chi connectivity index (χ1) is 22.2. The first-order valence-corrected chi connectivity index (χ1v) is 17.8. The van der Waals surface area contributed by atoms with Gasteiger partial charge in [-0.15, -0.1) is 0 Å². The van der Waals surface area contributed by atoms with Crippen LogP contribution in [0.2, 0.25) is 0 Å². The number of thioether (sulfide) groups is 1. The summed E-state index contributed by atoms with van der Waals surface area (Å²) in [6, 6.07) is 12.6. The maximum atomic E-state index is 13.8. The predicted octanol–water partition coefficient (Wildman–Crippen LogP) is 2.68. The smallest absolute Gasteiger partial charge is 0.410 e. The second-order valence-electron chi connectivity index (χ2n) is 12.5. The number of aliphatic hydroxyl groups excluding tert-OH is 1. The van der Waals surface area contributed by atoms with Gasteiger partial charge in [0.05, 0.1) is 18.7 Å². The molecule has 0 unspecified atom stereocenters. The molecule has 2 fully saturated rings. The SMILES string of the molecule is CSC[C@H](NC(=O)[C@H](Cc1ccccc1)OC(=O)N1CCC(N)CC1)C(=O)N[C@@H](CC1CCCCC1)[C@@H](O)Cn1ccccc1=O. The minimum Gasteiger partial charge on any atom is -0.436 e. The van der Waals surface area contributed by atoms with E-state index in [1.165, 1.54) is 28.8 Å². The van der Waals surface area contributed by atoms with Gasteiger partial charge < -0.3 is 35.7 Å². The van der Waals surface area contributed by atoms with Crippen molar-refractivity contribution in [2.24, 2.45) is 11.7 Å². The van der Waals surface area contributed by atoms with Crippen molar-refractivity contribution in [2.75, 3.05) is 25.1 Å². The third-order valence-electron chi connectivity index (χ3n) is 8.95. The Bertz CT molecular complexity index is 1310. The summed E-state index contributed by atoms with van der Waals surface area (Å²) < 4.78 is 7.21. The van der Waals surface area contributed by atoms with Gasteiger partial charge in [-0.2, -0.15) is 11.8 Å². The van der Waals surface area contributed by atoms with Crippen molar-refractivity contribution < 1.29 is 24.2 Å². The summed E-state index contributed by atoms with van der Waals surface area (Å²) in [5.74, 6) is -0.385. The molecule has 1 saturated heterocycles. The van der Waals surface area contributed by atoms with Gasteiger partial charge in [0, 0.05) is 43.6 Å². The van der Waals surface area contributed by atoms with Gasteiger partial charge in [-0.3, -0.25) is 14.4 Å². The van der Waals surface area contributed by atoms with Crippen LogP contribution in [-0.2, 0) is 27.3 Å². The van der Waals surface area contributed by atoms with Crippen molar-refractivity contribution in [1.82, 2.24) is 20.1 Å². The number of carbonyl (C=O) groups is 3. The van der Waals surface area contributed by atoms with Gasteiger partial charge in [0.15, 0.2) is 6.10 Å². The van der Waals surface area contributed by atoms with Crippen molar-refractivity contribution in [3.8, 4) is 0 Å². The molecule has 46 heavy (non-hydrogen) atoms. The zero-order valence-electron chi connectivity index (χ0n) is 26.7. The first kappa shape index (κ1) is 35.5. The van der Waals surface area contributed by atoms with Crippen LogP contribution in [0.4, 0.5) is 4.79 Å². The highest BCUT2D eigenvalue weighted by Crippen LogP contribution is 2.28. The minimum atomic E-state index is -1.16. The molecule has 4 rings (SSSR count). The molecule has 0 bridgehead atoms. The predicted molar refractivity (Wildman–Crippen MR) is 179 cm³/mol. The molecule has 2 aliphatic rings. The number of pyridine rings is 1. The fraction of sp³-hybridized carbons (Fsp3) is 0.588. The fourth-order valence-electron chi connectivity index (χ4n) is 6.23. The topological polar surface area (TPSA) is 156 Å². The largest absolute Gasteiger partial charge is 0.436 e. The van der Waals surface area contributed by atoms with E-state index in [-0.39, 0.29) is 30.3 Å². The highest BCUT2D eigenvalue weighted by Gasteiger charge is 2.33. The van der Waals surface area contributed by atoms with E-state index in [1.807, 2.05) is 36.6 Å². The molecule has 1 aromatic carbocycles. The van der Waals surface area contributed by atoms with E-state index in [2.05, 4.69) is 10.6 Å². The molecular weight excluding hydrogens is 606 g/mol. The lowest BCUT2D eigenvalue weighted by Gasteiger charge is -2.32. The number of aliphatic hydroxyl groups is 1. The molecule has 1 saturated carbocycles. The monoisotopic (exact) mass is 655 g/mol. The molecule has 1 aliphatic carbocycles. The van der Waals surface area contributed by atoms with Crippen LogP contribution in [-0.4, -0.2) is 87.9 Å². The third kappa shape index (κ3) is 10.9. The molecule has 2 aromatic rings. The van der Waals surface area contributed by atoms with Crippen LogP contribution in [0.3, 0.4) is 0 Å². The van der Waals surface area contributed by atoms with E-state index in [9.17, 15) is 24.3 Å². The molecular formula is C34H49N5O6S. The molecule has 3 amide bonds. The number of nitrogens with one attached hydrogen (secondary N) is 2. The molecule has 4 atom stereocenters. The third-order valence-corrected chi connectivity index (χ3v) is 9.62. The highest BCUT2D eigenvalue weighted by atomic mass is 32.2. The maximum Gasteiger partial charge on any atom is 0.410 e. The summed E-state index contributed by atoms with van der Waals surface area (Å²) in [5.41, 5.74) is 6.58. The number of carbonyl (C=O) groups excluding carboxylic acids is 3. The van der Waals surface area contributed by atoms with Crippen molar-refractivity contribution >= 4 is 29.7 Å². The molecule has 0 radical (unpaired) electrons. The molecule has 0 spiro atoms. The van der Waals surface area contributed by atoms with Crippen LogP contribution in [0.5, 0.6) is 0 Å². The first-order valence-electron chi connectivity index (χ1n) is 16.4. The number of rotatable bonds is 14. The van der Waals surface area contributed by atoms with E-state index in [1.54, 1.807) is 23.2 Å². The number of amides is 3. The van der Waals surface area contributed by atoms with Crippen LogP contribution in [0.25, 0.3) is 0 Å². The van der Waals surface area contributed by atoms with Crippen molar-refractivity contribution in [1.29, 1.82) is 0 Å². The number of nitrogens with zero attached hydrogens (tertiary/aromatic N) is 2. The quantitative estimate of drug-likeness (QED) is 0.242. The van der Waals surface area contributed by atoms with Gasteiger partial charge in [-0.05, 0) is 43.1 Å². The number of nitrogens with two attached hydrogens (primary N) is 1. The number of ether oxygens (including phenoxy) is 1. The molecule has 1 aromatic heterocycles. The average Bonchev–Trinajstić information content (AvgIpc) is 3.06. The van der Waals surface area contributed by atoms with Gasteiger partial charge in [0.25, 0.3) is 11.5 Å². The molecule has 11 nitrogen and oxygen atoms in total. The second-order valence-corrected chi connectivity index (χ2v) is 13.4. The normalized spacial score (nSPS) is 18.6. The van der Waals surface area contributed by atoms with E-state index < -0.39 is 42.2 Å². The molecule has 1 aliphatic heterocycles. The molecule has 2 heterocycles. The Morgan fingerprint density at radius 2 is 1.67 bits per heavy atom. The lowest BCUT2D eigenvalue weighted by molar-refractivity contribution is -0.134. The second kappa shape index (κ2) is 18.1. The summed E-state index contributed by atoms with van der Waals surface area (Å²) in [6.45, 7) is 0.946. The number of hydrogen-bond donors (Lipinski definition) is 4. The molecule has 5 N–H and O–H groups in total. The van der Waals surface area contributed by atoms with Gasteiger partial charge in [-0.1, -0.05) is 68.5 Å². The zero-order chi connectivity index (χ0) is 32.9. The van der Waals surface area contributed by atoms with Crippen LogP contribution < -0.4 is 21.9 Å². The summed E-state index contributed by atoms with van der Waals surface area (Å²) in [6.07, 6.45) is 8.18. The Kier molecular flexibility index (Phi) is 14.0. The molecule has 252 valence electrons. The summed E-state index contributed by atoms with van der Waals surface area (Å²) in [7, 11) is 0. The fourth-order valence-corrected chi connectivity index (χ4v) is 6.79. The number of piperidine rings is 1. The zero-order valence-corrected chi connectivity index (χ0v) is 27.5. The number of benzene rings is 1. The van der Waals surface area contributed by atoms with Gasteiger partial charge in [0.1, 0.15) is 6.04 Å². The van der Waals surface area contributed by atoms with Gasteiger partial charge in [0.2, 0.25) is 5.91 Å². The van der Waals surface area contributed by atoms with E-state index in [4.69, 9.17) is 10.5 Å². The van der Waals surface area contributed by atoms with E-state index >= 15 is 0 Å². The lowest BCUT2D eigenvalue weighted by atomic mass is 9.83. The van der Waals surface area contributed by atoms with Crippen molar-refractivity contribution in [3.63, 3.8) is 0 Å². The van der Waals surface area contributed by atoms with E-state index in [0.29, 0.717) is 38.3 Å². The Balaban J connectivity index is 1.47. The standard InChI is InChI=1S/C34H49N5O6S/c1-46-23-28(32(42)36-27(20-24-10-4-2-5-11-24)29(40)22-39-17-9-8-14-31(39)41)37-33(43)30(21-25-12-6-3-7-13-25)45-34(44)38-18-15-26(35)16-19-38/h3,6-9,12-14,17,24,26-30,40H,2,4-5,10-11,15-16,18-23,35H2,1H3,(H,36,42)(H,37,43)/t27-,28-,29-,30-/m0/s1. The summed E-state index contributed by atoms with van der Waals surface area (Å²) in [5, 5.41) is 17.2. The Morgan fingerprint density at radius 1 is 0.978 bits per heavy atom. The van der Waals surface area contributed by atoms with E-state index in [0.717, 1.165) is 31.2 Å². The van der Waals surface area contributed by atoms with Gasteiger partial charge in [-0.25, -0.2) is 4.79 Å². The summed E-state index contributed by atoms with van der Waals surface area (Å²) >= 11 is 1.40. The number of aromatic nitrogens is 1. The Hall–Kier alpha value is -3.35. The van der Waals surface area contributed by atoms with Crippen LogP contribution in [0.1, 0.15) is 56.9 Å². The van der Waals surface area contributed by atoms with Crippen LogP contribution in [0, 0.1) is 5.92 Å². The Morgan fingerprint density at radius 3 is 2.35 bits per heavy atom. The van der Waals surface area contributed by atoms with Crippen molar-refractivity contribution in [3.05, 3.63) is 70.6 Å². The van der Waals surface area contributed by atoms with Crippen LogP contribution >= 0.6 is 11.8 Å². The molecule has 12 heteroatoms. The van der Waals surface area contributed by atoms with Crippen molar-refractivity contribution in [2.45, 2.75) is 94.7 Å². The lowest BCUT2D eigenvalue weighted by Crippen LogP contribution is -2.56. The van der Waals surface area contributed by atoms with Crippen LogP contribution in [0.15, 0.2) is 59.5 Å². The number of hydrogen-bond acceptors (Lipinski definition) is 8. The number of likely N-dealkylation sites (tertiary alicyclic amines) is 1. The average molecular weight is 656 g/mol. The summed E-state index contributed by atoms with van der Waals surface area (Å²) in [4.78, 5) is 54.5. The Labute approximate surface area is 275 Å². The minimum absolute atomic E-state index is 0.0346. The van der Waals surface area contributed by atoms with Gasteiger partial charge >= 0.3 is 6.09 Å². The maximum absolute atomic E-state index is 13.8. The highest BCUT2D eigenvalue weighted by molar-refractivity contribution is 7.98.